The molecule has 3 rings (SSSR count). The molecule has 180 valence electrons. The third-order valence-electron chi connectivity index (χ3n) is 4.61. The Kier molecular flexibility index (Phi) is 8.31. The summed E-state index contributed by atoms with van der Waals surface area (Å²) in [5.74, 6) is 0.238. The number of methoxy groups -OCH3 is 1. The van der Waals surface area contributed by atoms with E-state index in [-0.39, 0.29) is 12.3 Å². The van der Waals surface area contributed by atoms with Gasteiger partial charge in [0.15, 0.2) is 0 Å². The van der Waals surface area contributed by atoms with E-state index in [1.807, 2.05) is 24.3 Å². The number of hydrogen-bond donors (Lipinski definition) is 1. The van der Waals surface area contributed by atoms with E-state index in [9.17, 15) is 9.59 Å². The van der Waals surface area contributed by atoms with Gasteiger partial charge in [-0.05, 0) is 50.1 Å². The molecule has 1 heterocycles. The Morgan fingerprint density at radius 3 is 2.56 bits per heavy atom. The maximum absolute atomic E-state index is 12.6. The molecule has 2 aromatic carbocycles. The van der Waals surface area contributed by atoms with Crippen LogP contribution in [0.1, 0.15) is 26.3 Å². The van der Waals surface area contributed by atoms with Crippen LogP contribution in [0.3, 0.4) is 0 Å². The van der Waals surface area contributed by atoms with E-state index in [0.717, 1.165) is 15.8 Å². The smallest absolute Gasteiger partial charge is 0.435 e. The zero-order chi connectivity index (χ0) is 24.7. The van der Waals surface area contributed by atoms with Crippen LogP contribution in [-0.4, -0.2) is 47.7 Å². The molecule has 0 unspecified atom stereocenters. The van der Waals surface area contributed by atoms with E-state index in [1.165, 1.54) is 0 Å². The molecule has 1 N–H and O–H groups in total. The molecule has 34 heavy (non-hydrogen) atoms. The quantitative estimate of drug-likeness (QED) is 0.441. The van der Waals surface area contributed by atoms with Gasteiger partial charge in [0.1, 0.15) is 18.0 Å². The van der Waals surface area contributed by atoms with Gasteiger partial charge in [0, 0.05) is 23.9 Å². The third kappa shape index (κ3) is 7.07. The van der Waals surface area contributed by atoms with Crippen LogP contribution in [0.25, 0.3) is 11.1 Å². The number of benzene rings is 2. The topological polar surface area (TPSA) is 91.7 Å². The minimum atomic E-state index is -0.630. The van der Waals surface area contributed by atoms with Crippen LogP contribution in [0.5, 0.6) is 5.75 Å². The molecular weight excluding hydrogens is 458 g/mol. The summed E-state index contributed by atoms with van der Waals surface area (Å²) in [4.78, 5) is 24.9. The fourth-order valence-corrected chi connectivity index (χ4v) is 3.25. The van der Waals surface area contributed by atoms with Crippen molar-refractivity contribution in [3.63, 3.8) is 0 Å². The van der Waals surface area contributed by atoms with Gasteiger partial charge in [0.25, 0.3) is 0 Å². The van der Waals surface area contributed by atoms with Crippen LogP contribution in [0, 0.1) is 0 Å². The van der Waals surface area contributed by atoms with E-state index in [2.05, 4.69) is 10.4 Å². The van der Waals surface area contributed by atoms with Crippen molar-refractivity contribution in [1.82, 2.24) is 9.78 Å². The molecular formula is C25H28ClN3O5. The molecule has 0 bridgehead atoms. The molecule has 0 spiro atoms. The standard InChI is InChI=1S/C25H28ClN3O5/c1-25(2,3)34-24(31)29-16-19(15-27-29)17-9-10-21(22(13-17)33-12-11-32-4)28-23(30)14-18-7-5-6-8-20(18)26/h5-10,13,15-16H,11-12,14H2,1-4H3,(H,28,30). The summed E-state index contributed by atoms with van der Waals surface area (Å²) in [5.41, 5.74) is 2.06. The van der Waals surface area contributed by atoms with Crippen molar-refractivity contribution in [3.05, 3.63) is 65.4 Å². The number of halogens is 1. The zero-order valence-electron chi connectivity index (χ0n) is 19.6. The van der Waals surface area contributed by atoms with Crippen molar-refractivity contribution in [2.45, 2.75) is 32.8 Å². The van der Waals surface area contributed by atoms with Gasteiger partial charge in [-0.2, -0.15) is 9.78 Å². The van der Waals surface area contributed by atoms with Gasteiger partial charge in [0.05, 0.1) is 24.9 Å². The molecule has 0 aliphatic carbocycles. The lowest BCUT2D eigenvalue weighted by Gasteiger charge is -2.18. The highest BCUT2D eigenvalue weighted by atomic mass is 35.5. The predicted molar refractivity (Wildman–Crippen MR) is 130 cm³/mol. The number of nitrogens with zero attached hydrogens (tertiary/aromatic N) is 2. The molecule has 0 radical (unpaired) electrons. The fourth-order valence-electron chi connectivity index (χ4n) is 3.05. The third-order valence-corrected chi connectivity index (χ3v) is 4.97. The molecule has 1 amide bonds. The average Bonchev–Trinajstić information content (AvgIpc) is 3.26. The fraction of sp³-hybridized carbons (Fsp3) is 0.320. The van der Waals surface area contributed by atoms with E-state index >= 15 is 0 Å². The molecule has 0 atom stereocenters. The Bertz CT molecular complexity index is 1150. The minimum absolute atomic E-state index is 0.127. The minimum Gasteiger partial charge on any atom is -0.489 e. The number of nitrogens with one attached hydrogen (secondary N) is 1. The molecule has 0 aliphatic rings. The average molecular weight is 486 g/mol. The number of aromatic nitrogens is 2. The van der Waals surface area contributed by atoms with Crippen LogP contribution in [-0.2, 0) is 20.7 Å². The van der Waals surface area contributed by atoms with E-state index in [1.54, 1.807) is 58.5 Å². The van der Waals surface area contributed by atoms with Crippen LogP contribution >= 0.6 is 11.6 Å². The molecule has 1 aromatic heterocycles. The lowest BCUT2D eigenvalue weighted by molar-refractivity contribution is -0.115. The number of hydrogen-bond acceptors (Lipinski definition) is 6. The van der Waals surface area contributed by atoms with E-state index in [0.29, 0.717) is 35.2 Å². The van der Waals surface area contributed by atoms with Gasteiger partial charge in [0.2, 0.25) is 5.91 Å². The second-order valence-electron chi connectivity index (χ2n) is 8.52. The van der Waals surface area contributed by atoms with Crippen LogP contribution in [0.2, 0.25) is 5.02 Å². The zero-order valence-corrected chi connectivity index (χ0v) is 20.4. The van der Waals surface area contributed by atoms with Gasteiger partial charge >= 0.3 is 6.09 Å². The highest BCUT2D eigenvalue weighted by Crippen LogP contribution is 2.31. The van der Waals surface area contributed by atoms with Crippen molar-refractivity contribution in [1.29, 1.82) is 0 Å². The summed E-state index contributed by atoms with van der Waals surface area (Å²) in [6.07, 6.45) is 2.70. The van der Waals surface area contributed by atoms with Gasteiger partial charge in [-0.1, -0.05) is 35.9 Å². The molecule has 0 aliphatic heterocycles. The van der Waals surface area contributed by atoms with Gasteiger partial charge < -0.3 is 19.5 Å². The number of carbonyl (C=O) groups excluding carboxylic acids is 2. The number of carbonyl (C=O) groups is 2. The normalized spacial score (nSPS) is 11.2. The summed E-state index contributed by atoms with van der Waals surface area (Å²) in [7, 11) is 1.58. The highest BCUT2D eigenvalue weighted by Gasteiger charge is 2.19. The second kappa shape index (κ2) is 11.2. The Morgan fingerprint density at radius 2 is 1.85 bits per heavy atom. The maximum Gasteiger partial charge on any atom is 0.435 e. The monoisotopic (exact) mass is 485 g/mol. The molecule has 3 aromatic rings. The highest BCUT2D eigenvalue weighted by molar-refractivity contribution is 6.31. The number of amides is 1. The van der Waals surface area contributed by atoms with Crippen molar-refractivity contribution >= 4 is 29.3 Å². The summed E-state index contributed by atoms with van der Waals surface area (Å²) in [6.45, 7) is 6.05. The first-order valence-electron chi connectivity index (χ1n) is 10.7. The lowest BCUT2D eigenvalue weighted by Crippen LogP contribution is -2.27. The summed E-state index contributed by atoms with van der Waals surface area (Å²) < 4.78 is 17.4. The van der Waals surface area contributed by atoms with E-state index < -0.39 is 11.7 Å². The van der Waals surface area contributed by atoms with Gasteiger partial charge in [-0.15, -0.1) is 0 Å². The SMILES string of the molecule is COCCOc1cc(-c2cnn(C(=O)OC(C)(C)C)c2)ccc1NC(=O)Cc1ccccc1Cl. The Morgan fingerprint density at radius 1 is 1.09 bits per heavy atom. The first-order chi connectivity index (χ1) is 16.2. The Labute approximate surface area is 203 Å². The largest absolute Gasteiger partial charge is 0.489 e. The Balaban J connectivity index is 1.80. The number of rotatable bonds is 8. The first-order valence-corrected chi connectivity index (χ1v) is 11.1. The van der Waals surface area contributed by atoms with Crippen molar-refractivity contribution in [2.75, 3.05) is 25.6 Å². The van der Waals surface area contributed by atoms with Gasteiger partial charge in [-0.3, -0.25) is 4.79 Å². The van der Waals surface area contributed by atoms with Crippen molar-refractivity contribution < 1.29 is 23.8 Å². The number of anilines is 1. The molecule has 0 saturated carbocycles. The lowest BCUT2D eigenvalue weighted by atomic mass is 10.1. The van der Waals surface area contributed by atoms with E-state index in [4.69, 9.17) is 25.8 Å². The van der Waals surface area contributed by atoms with Gasteiger partial charge in [-0.25, -0.2) is 4.79 Å². The summed E-state index contributed by atoms with van der Waals surface area (Å²) >= 11 is 6.18. The molecule has 8 nitrogen and oxygen atoms in total. The second-order valence-corrected chi connectivity index (χ2v) is 8.93. The van der Waals surface area contributed by atoms with Crippen molar-refractivity contribution in [2.24, 2.45) is 0 Å². The predicted octanol–water partition coefficient (Wildman–Crippen LogP) is 5.19. The Hall–Kier alpha value is -3.36. The molecule has 9 heteroatoms. The van der Waals surface area contributed by atoms with Crippen LogP contribution < -0.4 is 10.1 Å². The van der Waals surface area contributed by atoms with Crippen LogP contribution in [0.4, 0.5) is 10.5 Å². The summed E-state index contributed by atoms with van der Waals surface area (Å²) in [6, 6.07) is 12.5. The van der Waals surface area contributed by atoms with Crippen LogP contribution in [0.15, 0.2) is 54.9 Å². The van der Waals surface area contributed by atoms with Crippen molar-refractivity contribution in [3.8, 4) is 16.9 Å². The summed E-state index contributed by atoms with van der Waals surface area (Å²) in [5, 5.41) is 7.52. The first kappa shape index (κ1) is 25.3. The molecule has 0 fully saturated rings. The molecule has 0 saturated heterocycles. The number of ether oxygens (including phenoxy) is 3. The maximum atomic E-state index is 12.6.